The fraction of sp³-hybridized carbons (Fsp3) is 0.688. The van der Waals surface area contributed by atoms with Gasteiger partial charge in [-0.1, -0.05) is 25.4 Å². The molecule has 1 aliphatic rings. The maximum Gasteiger partial charge on any atom is 0.128 e. The van der Waals surface area contributed by atoms with Gasteiger partial charge >= 0.3 is 0 Å². The van der Waals surface area contributed by atoms with Crippen molar-refractivity contribution in [3.63, 3.8) is 0 Å². The molecule has 21 heavy (non-hydrogen) atoms. The van der Waals surface area contributed by atoms with Crippen LogP contribution in [0.25, 0.3) is 0 Å². The van der Waals surface area contributed by atoms with Crippen molar-refractivity contribution < 1.29 is 4.74 Å². The van der Waals surface area contributed by atoms with Gasteiger partial charge in [-0.2, -0.15) is 0 Å². The Bertz CT molecular complexity index is 453. The lowest BCUT2D eigenvalue weighted by atomic mass is 10.2. The van der Waals surface area contributed by atoms with Crippen LogP contribution in [0, 0.1) is 5.92 Å². The van der Waals surface area contributed by atoms with Crippen molar-refractivity contribution in [2.75, 3.05) is 31.1 Å². The van der Waals surface area contributed by atoms with Crippen molar-refractivity contribution in [1.29, 1.82) is 0 Å². The summed E-state index contributed by atoms with van der Waals surface area (Å²) in [6.45, 7) is 11.0. The third kappa shape index (κ3) is 5.13. The van der Waals surface area contributed by atoms with Gasteiger partial charge in [-0.05, 0) is 37.4 Å². The van der Waals surface area contributed by atoms with Gasteiger partial charge in [-0.25, -0.2) is 4.98 Å². The third-order valence-corrected chi connectivity index (χ3v) is 3.90. The van der Waals surface area contributed by atoms with Gasteiger partial charge in [-0.15, -0.1) is 0 Å². The number of ether oxygens (including phenoxy) is 1. The van der Waals surface area contributed by atoms with Crippen LogP contribution in [0.3, 0.4) is 0 Å². The van der Waals surface area contributed by atoms with E-state index in [0.29, 0.717) is 5.92 Å². The number of hydrogen-bond donors (Lipinski definition) is 1. The molecule has 0 spiro atoms. The zero-order valence-corrected chi connectivity index (χ0v) is 14.0. The Labute approximate surface area is 132 Å². The first-order valence-corrected chi connectivity index (χ1v) is 8.15. The van der Waals surface area contributed by atoms with E-state index in [4.69, 9.17) is 16.3 Å². The number of pyridine rings is 1. The lowest BCUT2D eigenvalue weighted by Gasteiger charge is -2.24. The lowest BCUT2D eigenvalue weighted by molar-refractivity contribution is 0.0820. The maximum atomic E-state index is 6.27. The third-order valence-electron chi connectivity index (χ3n) is 3.56. The molecule has 1 saturated heterocycles. The van der Waals surface area contributed by atoms with E-state index >= 15 is 0 Å². The number of nitrogens with one attached hydrogen (secondary N) is 1. The molecule has 0 saturated carbocycles. The van der Waals surface area contributed by atoms with E-state index in [1.54, 1.807) is 6.20 Å². The zero-order chi connectivity index (χ0) is 15.2. The highest BCUT2D eigenvalue weighted by molar-refractivity contribution is 6.31. The minimum absolute atomic E-state index is 0.243. The van der Waals surface area contributed by atoms with E-state index in [1.165, 1.54) is 0 Å². The molecule has 1 fully saturated rings. The van der Waals surface area contributed by atoms with Gasteiger partial charge in [0.2, 0.25) is 0 Å². The summed E-state index contributed by atoms with van der Waals surface area (Å²) in [5.41, 5.74) is 1.11. The second-order valence-electron chi connectivity index (χ2n) is 6.14. The Hall–Kier alpha value is -0.840. The van der Waals surface area contributed by atoms with Crippen LogP contribution in [-0.2, 0) is 11.3 Å². The zero-order valence-electron chi connectivity index (χ0n) is 13.2. The van der Waals surface area contributed by atoms with E-state index in [9.17, 15) is 0 Å². The van der Waals surface area contributed by atoms with E-state index in [1.807, 2.05) is 0 Å². The normalized spacial score (nSPS) is 19.9. The first-order valence-electron chi connectivity index (χ1n) is 7.78. The first kappa shape index (κ1) is 16.5. The van der Waals surface area contributed by atoms with Crippen LogP contribution in [0.15, 0.2) is 12.3 Å². The summed E-state index contributed by atoms with van der Waals surface area (Å²) >= 11 is 6.27. The topological polar surface area (TPSA) is 37.4 Å². The molecular weight excluding hydrogens is 286 g/mol. The fourth-order valence-electron chi connectivity index (χ4n) is 2.47. The van der Waals surface area contributed by atoms with Crippen molar-refractivity contribution in [1.82, 2.24) is 10.3 Å². The highest BCUT2D eigenvalue weighted by Gasteiger charge is 2.17. The SMILES string of the molecule is CC(C)CNCc1cc(N2CCCOC(C)C2)ncc1Cl. The average molecular weight is 312 g/mol. The summed E-state index contributed by atoms with van der Waals surface area (Å²) in [4.78, 5) is 6.78. The molecule has 118 valence electrons. The van der Waals surface area contributed by atoms with Crippen LogP contribution in [0.2, 0.25) is 5.02 Å². The average Bonchev–Trinajstić information content (AvgIpc) is 2.65. The first-order chi connectivity index (χ1) is 10.1. The van der Waals surface area contributed by atoms with E-state index in [-0.39, 0.29) is 6.10 Å². The molecule has 0 aromatic carbocycles. The summed E-state index contributed by atoms with van der Waals surface area (Å²) in [5, 5.41) is 4.17. The largest absolute Gasteiger partial charge is 0.377 e. The molecule has 0 radical (unpaired) electrons. The van der Waals surface area contributed by atoms with Crippen LogP contribution >= 0.6 is 11.6 Å². The number of hydrogen-bond acceptors (Lipinski definition) is 4. The van der Waals surface area contributed by atoms with Crippen molar-refractivity contribution in [3.05, 3.63) is 22.8 Å². The van der Waals surface area contributed by atoms with Crippen molar-refractivity contribution in [3.8, 4) is 0 Å². The Balaban J connectivity index is 2.06. The van der Waals surface area contributed by atoms with Crippen LogP contribution in [0.4, 0.5) is 5.82 Å². The van der Waals surface area contributed by atoms with Crippen molar-refractivity contribution in [2.45, 2.75) is 39.8 Å². The predicted molar refractivity (Wildman–Crippen MR) is 88.0 cm³/mol. The molecule has 1 atom stereocenters. The highest BCUT2D eigenvalue weighted by atomic mass is 35.5. The number of aromatic nitrogens is 1. The molecule has 0 aliphatic carbocycles. The Morgan fingerprint density at radius 3 is 3.10 bits per heavy atom. The van der Waals surface area contributed by atoms with Crippen LogP contribution in [0.1, 0.15) is 32.8 Å². The lowest BCUT2D eigenvalue weighted by Crippen LogP contribution is -2.31. The maximum absolute atomic E-state index is 6.27. The minimum atomic E-state index is 0.243. The standard InChI is InChI=1S/C16H26ClN3O/c1-12(2)8-18-9-14-7-16(19-10-15(14)17)20-5-4-6-21-13(3)11-20/h7,10,12-13,18H,4-6,8-9,11H2,1-3H3. The molecule has 2 heterocycles. The van der Waals surface area contributed by atoms with Gasteiger partial charge < -0.3 is 15.0 Å². The second kappa shape index (κ2) is 7.97. The van der Waals surface area contributed by atoms with E-state index in [2.05, 4.69) is 42.0 Å². The smallest absolute Gasteiger partial charge is 0.128 e. The quantitative estimate of drug-likeness (QED) is 0.906. The molecular formula is C16H26ClN3O. The van der Waals surface area contributed by atoms with E-state index in [0.717, 1.165) is 55.6 Å². The Morgan fingerprint density at radius 2 is 2.33 bits per heavy atom. The summed E-state index contributed by atoms with van der Waals surface area (Å²) in [7, 11) is 0. The number of rotatable bonds is 5. The van der Waals surface area contributed by atoms with Gasteiger partial charge in [0.15, 0.2) is 0 Å². The summed E-state index contributed by atoms with van der Waals surface area (Å²) < 4.78 is 5.69. The molecule has 2 rings (SSSR count). The fourth-order valence-corrected chi connectivity index (χ4v) is 2.64. The Kier molecular flexibility index (Phi) is 6.27. The molecule has 1 aromatic heterocycles. The second-order valence-corrected chi connectivity index (χ2v) is 6.55. The molecule has 4 nitrogen and oxygen atoms in total. The minimum Gasteiger partial charge on any atom is -0.377 e. The van der Waals surface area contributed by atoms with Gasteiger partial charge in [0, 0.05) is 32.4 Å². The monoisotopic (exact) mass is 311 g/mol. The highest BCUT2D eigenvalue weighted by Crippen LogP contribution is 2.22. The molecule has 0 bridgehead atoms. The van der Waals surface area contributed by atoms with Gasteiger partial charge in [0.25, 0.3) is 0 Å². The molecule has 1 unspecified atom stereocenters. The van der Waals surface area contributed by atoms with Crippen LogP contribution in [-0.4, -0.2) is 37.3 Å². The predicted octanol–water partition coefficient (Wildman–Crippen LogP) is 3.10. The van der Waals surface area contributed by atoms with Crippen LogP contribution in [0.5, 0.6) is 0 Å². The summed E-state index contributed by atoms with van der Waals surface area (Å²) in [6, 6.07) is 2.10. The summed E-state index contributed by atoms with van der Waals surface area (Å²) in [6.07, 6.45) is 3.04. The molecule has 5 heteroatoms. The van der Waals surface area contributed by atoms with Gasteiger partial charge in [-0.3, -0.25) is 0 Å². The van der Waals surface area contributed by atoms with Crippen LogP contribution < -0.4 is 10.2 Å². The Morgan fingerprint density at radius 1 is 1.52 bits per heavy atom. The van der Waals surface area contributed by atoms with E-state index < -0.39 is 0 Å². The number of nitrogens with zero attached hydrogens (tertiary/aromatic N) is 2. The molecule has 0 amide bonds. The molecule has 1 aromatic rings. The number of halogens is 1. The number of anilines is 1. The molecule has 1 aliphatic heterocycles. The van der Waals surface area contributed by atoms with Gasteiger partial charge in [0.05, 0.1) is 11.1 Å². The molecule has 1 N–H and O–H groups in total. The van der Waals surface area contributed by atoms with Gasteiger partial charge in [0.1, 0.15) is 5.82 Å². The van der Waals surface area contributed by atoms with Crippen molar-refractivity contribution in [2.24, 2.45) is 5.92 Å². The van der Waals surface area contributed by atoms with Crippen molar-refractivity contribution >= 4 is 17.4 Å². The summed E-state index contributed by atoms with van der Waals surface area (Å²) in [5.74, 6) is 1.63.